The molecule has 0 spiro atoms. The monoisotopic (exact) mass is 248 g/mol. The van der Waals surface area contributed by atoms with Crippen molar-refractivity contribution in [1.82, 2.24) is 0 Å². The van der Waals surface area contributed by atoms with Crippen LogP contribution in [0.3, 0.4) is 0 Å². The third-order valence-electron chi connectivity index (χ3n) is 5.99. The second kappa shape index (κ2) is 4.65. The summed E-state index contributed by atoms with van der Waals surface area (Å²) in [5.74, 6) is 3.81. The number of hydrogen-bond donors (Lipinski definition) is 0. The minimum Gasteiger partial charge on any atom is -0.299 e. The molecule has 0 heterocycles. The van der Waals surface area contributed by atoms with Gasteiger partial charge in [0.25, 0.3) is 0 Å². The molecular formula is C17H28O. The molecule has 4 saturated carbocycles. The van der Waals surface area contributed by atoms with Crippen LogP contribution >= 0.6 is 0 Å². The molecule has 1 nitrogen and oxygen atoms in total. The largest absolute Gasteiger partial charge is 0.299 e. The summed E-state index contributed by atoms with van der Waals surface area (Å²) in [4.78, 5) is 12.4. The van der Waals surface area contributed by atoms with Crippen molar-refractivity contribution in [2.75, 3.05) is 0 Å². The van der Waals surface area contributed by atoms with Crippen LogP contribution in [-0.4, -0.2) is 5.78 Å². The lowest BCUT2D eigenvalue weighted by Gasteiger charge is -2.57. The fraction of sp³-hybridized carbons (Fsp3) is 0.941. The summed E-state index contributed by atoms with van der Waals surface area (Å²) < 4.78 is 0. The highest BCUT2D eigenvalue weighted by atomic mass is 16.1. The predicted octanol–water partition coefficient (Wildman–Crippen LogP) is 4.60. The lowest BCUT2D eigenvalue weighted by molar-refractivity contribution is -0.130. The molecule has 0 saturated heterocycles. The van der Waals surface area contributed by atoms with Gasteiger partial charge in [0.1, 0.15) is 5.78 Å². The molecule has 4 aliphatic carbocycles. The summed E-state index contributed by atoms with van der Waals surface area (Å²) in [5.41, 5.74) is 0.452. The molecule has 0 aliphatic heterocycles. The molecule has 4 fully saturated rings. The molecule has 4 aliphatic rings. The molecule has 1 atom stereocenters. The number of carbonyl (C=O) groups is 1. The van der Waals surface area contributed by atoms with E-state index >= 15 is 0 Å². The van der Waals surface area contributed by atoms with Crippen LogP contribution in [-0.2, 0) is 4.79 Å². The average Bonchev–Trinajstić information content (AvgIpc) is 2.26. The first-order valence-corrected chi connectivity index (χ1v) is 8.13. The molecule has 1 unspecified atom stereocenters. The van der Waals surface area contributed by atoms with Crippen molar-refractivity contribution >= 4 is 5.78 Å². The molecule has 4 rings (SSSR count). The highest BCUT2D eigenvalue weighted by Crippen LogP contribution is 2.61. The zero-order valence-corrected chi connectivity index (χ0v) is 12.1. The molecule has 0 aromatic rings. The summed E-state index contributed by atoms with van der Waals surface area (Å²) in [6.45, 7) is 4.33. The van der Waals surface area contributed by atoms with Gasteiger partial charge in [-0.2, -0.15) is 0 Å². The first kappa shape index (κ1) is 12.7. The van der Waals surface area contributed by atoms with E-state index in [-0.39, 0.29) is 0 Å². The van der Waals surface area contributed by atoms with Crippen LogP contribution in [0.1, 0.15) is 71.6 Å². The third-order valence-corrected chi connectivity index (χ3v) is 5.99. The second-order valence-electron chi connectivity index (χ2n) is 7.75. The highest BCUT2D eigenvalue weighted by molar-refractivity contribution is 5.81. The van der Waals surface area contributed by atoms with Crippen LogP contribution < -0.4 is 0 Å². The van der Waals surface area contributed by atoms with Crippen LogP contribution in [0.5, 0.6) is 0 Å². The number of rotatable bonds is 5. The third kappa shape index (κ3) is 2.26. The highest BCUT2D eigenvalue weighted by Gasteiger charge is 2.51. The normalized spacial score (nSPS) is 43.1. The van der Waals surface area contributed by atoms with Crippen molar-refractivity contribution in [2.45, 2.75) is 71.6 Å². The first-order valence-electron chi connectivity index (χ1n) is 8.13. The van der Waals surface area contributed by atoms with Crippen LogP contribution in [0.2, 0.25) is 0 Å². The van der Waals surface area contributed by atoms with Crippen molar-refractivity contribution in [1.29, 1.82) is 0 Å². The quantitative estimate of drug-likeness (QED) is 0.695. The Hall–Kier alpha value is -0.330. The van der Waals surface area contributed by atoms with E-state index in [1.165, 1.54) is 38.5 Å². The van der Waals surface area contributed by atoms with Gasteiger partial charge in [0.05, 0.1) is 0 Å². The fourth-order valence-electron chi connectivity index (χ4n) is 5.64. The van der Waals surface area contributed by atoms with Gasteiger partial charge < -0.3 is 0 Å². The predicted molar refractivity (Wildman–Crippen MR) is 74.3 cm³/mol. The minimum absolute atomic E-state index is 0.308. The molecule has 18 heavy (non-hydrogen) atoms. The maximum atomic E-state index is 12.4. The van der Waals surface area contributed by atoms with Crippen molar-refractivity contribution in [3.8, 4) is 0 Å². The zero-order valence-electron chi connectivity index (χ0n) is 12.1. The Kier molecular flexibility index (Phi) is 3.28. The van der Waals surface area contributed by atoms with E-state index in [0.29, 0.717) is 17.1 Å². The zero-order chi connectivity index (χ0) is 12.8. The van der Waals surface area contributed by atoms with E-state index in [1.54, 1.807) is 0 Å². The minimum atomic E-state index is 0.308. The molecule has 0 N–H and O–H groups in total. The van der Waals surface area contributed by atoms with Gasteiger partial charge in [0, 0.05) is 12.3 Å². The first-order chi connectivity index (χ1) is 8.60. The molecule has 0 amide bonds. The SMILES string of the molecule is CCCC(C)C(=O)CC12CC3CC(CC(C3)C1)C2. The van der Waals surface area contributed by atoms with Gasteiger partial charge >= 0.3 is 0 Å². The summed E-state index contributed by atoms with van der Waals surface area (Å²) in [6, 6.07) is 0. The van der Waals surface area contributed by atoms with Gasteiger partial charge in [-0.1, -0.05) is 20.3 Å². The van der Waals surface area contributed by atoms with Gasteiger partial charge in [-0.25, -0.2) is 0 Å². The number of hydrogen-bond acceptors (Lipinski definition) is 1. The van der Waals surface area contributed by atoms with Crippen molar-refractivity contribution in [3.63, 3.8) is 0 Å². The fourth-order valence-corrected chi connectivity index (χ4v) is 5.64. The Balaban J connectivity index is 1.67. The second-order valence-corrected chi connectivity index (χ2v) is 7.75. The number of carbonyl (C=O) groups excluding carboxylic acids is 1. The Morgan fingerprint density at radius 3 is 2.06 bits per heavy atom. The van der Waals surface area contributed by atoms with E-state index in [2.05, 4.69) is 13.8 Å². The van der Waals surface area contributed by atoms with E-state index in [4.69, 9.17) is 0 Å². The van der Waals surface area contributed by atoms with Gasteiger partial charge in [0.2, 0.25) is 0 Å². The molecule has 0 aromatic carbocycles. The van der Waals surface area contributed by atoms with Crippen molar-refractivity contribution < 1.29 is 4.79 Å². The van der Waals surface area contributed by atoms with Crippen molar-refractivity contribution in [3.05, 3.63) is 0 Å². The summed E-state index contributed by atoms with van der Waals surface area (Å²) >= 11 is 0. The Morgan fingerprint density at radius 1 is 1.11 bits per heavy atom. The number of ketones is 1. The van der Waals surface area contributed by atoms with Crippen LogP contribution in [0, 0.1) is 29.1 Å². The lowest BCUT2D eigenvalue weighted by atomic mass is 9.48. The van der Waals surface area contributed by atoms with Gasteiger partial charge in [-0.3, -0.25) is 4.79 Å². The van der Waals surface area contributed by atoms with Crippen molar-refractivity contribution in [2.24, 2.45) is 29.1 Å². The van der Waals surface area contributed by atoms with E-state index in [0.717, 1.165) is 37.0 Å². The molecular weight excluding hydrogens is 220 g/mol. The van der Waals surface area contributed by atoms with E-state index in [1.807, 2.05) is 0 Å². The summed E-state index contributed by atoms with van der Waals surface area (Å²) in [5, 5.41) is 0. The van der Waals surface area contributed by atoms with E-state index in [9.17, 15) is 4.79 Å². The maximum Gasteiger partial charge on any atom is 0.136 e. The smallest absolute Gasteiger partial charge is 0.136 e. The molecule has 4 bridgehead atoms. The standard InChI is InChI=1S/C17H28O/c1-3-4-12(2)16(18)11-17-8-13-5-14(9-17)7-15(6-13)10-17/h12-15H,3-11H2,1-2H3. The topological polar surface area (TPSA) is 17.1 Å². The Labute approximate surface area is 112 Å². The van der Waals surface area contributed by atoms with Gasteiger partial charge in [-0.05, 0) is 68.1 Å². The lowest BCUT2D eigenvalue weighted by Crippen LogP contribution is -2.47. The van der Waals surface area contributed by atoms with Crippen LogP contribution in [0.25, 0.3) is 0 Å². The van der Waals surface area contributed by atoms with Gasteiger partial charge in [-0.15, -0.1) is 0 Å². The molecule has 0 radical (unpaired) electrons. The number of Topliss-reactive ketones (excluding diaryl/α,β-unsaturated/α-hetero) is 1. The summed E-state index contributed by atoms with van der Waals surface area (Å²) in [7, 11) is 0. The average molecular weight is 248 g/mol. The van der Waals surface area contributed by atoms with E-state index < -0.39 is 0 Å². The molecule has 0 aromatic heterocycles. The van der Waals surface area contributed by atoms with Gasteiger partial charge in [0.15, 0.2) is 0 Å². The molecule has 1 heteroatoms. The van der Waals surface area contributed by atoms with Crippen LogP contribution in [0.15, 0.2) is 0 Å². The van der Waals surface area contributed by atoms with Crippen LogP contribution in [0.4, 0.5) is 0 Å². The Morgan fingerprint density at radius 2 is 1.61 bits per heavy atom. The Bertz CT molecular complexity index is 295. The molecule has 102 valence electrons. The maximum absolute atomic E-state index is 12.4. The summed E-state index contributed by atoms with van der Waals surface area (Å²) in [6.07, 6.45) is 11.7.